The quantitative estimate of drug-likeness (QED) is 0.161. The minimum Gasteiger partial charge on any atom is -0.308 e. The third-order valence-corrected chi connectivity index (χ3v) is 23.0. The zero-order valence-corrected chi connectivity index (χ0v) is 55.0. The van der Waals surface area contributed by atoms with Crippen molar-refractivity contribution in [3.05, 3.63) is 320 Å². The minimum atomic E-state index is -0.102. The highest BCUT2D eigenvalue weighted by Crippen LogP contribution is 2.53. The van der Waals surface area contributed by atoms with Gasteiger partial charge in [-0.2, -0.15) is 0 Å². The van der Waals surface area contributed by atoms with E-state index in [2.05, 4.69) is 317 Å². The number of nitrogens with zero attached hydrogens (tertiary/aromatic N) is 7. The summed E-state index contributed by atoms with van der Waals surface area (Å²) in [6, 6.07) is 112. The molecule has 23 aromatic rings. The number of rotatable bonds is 5. The summed E-state index contributed by atoms with van der Waals surface area (Å²) in [5, 5.41) is 23.9. The van der Waals surface area contributed by atoms with Gasteiger partial charge in [0.05, 0.1) is 66.6 Å². The van der Waals surface area contributed by atoms with Crippen LogP contribution in [0.15, 0.2) is 303 Å². The van der Waals surface area contributed by atoms with E-state index < -0.39 is 0 Å². The first kappa shape index (κ1) is 54.6. The number of para-hydroxylation sites is 3. The fourth-order valence-electron chi connectivity index (χ4n) is 18.7. The van der Waals surface area contributed by atoms with Gasteiger partial charge in [0.25, 0.3) is 0 Å². The molecule has 24 rings (SSSR count). The van der Waals surface area contributed by atoms with Gasteiger partial charge in [-0.1, -0.05) is 231 Å². The standard InChI is InChI=1S/C95H55N7/c1-3-21-55(22-4-1)89-86-66-42-37-60(47-61(66)39-45-76(86)96-94(98-89)70-43-35-53-19-9-11-27-63(53)72-51-74-71-49-57-25-7-8-26-58(57)50-82(71)101-79-33-17-14-30-68(79)87(84(70)72)91(74)101)59-36-41-65-62(48-59)40-46-81-83(65)75-52-73-67-29-13-16-32-78(67)102(92(73)88-69-31-15-18-34-80(69)100(81)93(75)88)95-97-77-44-38-54-20-10-12-28-64(54)85(77)90(99-95)56-23-5-2-6-24-56/h1-34,36-42,44-52,70H,35,43H2/t70-/m1/s1. The first-order valence-electron chi connectivity index (χ1n) is 35.4. The van der Waals surface area contributed by atoms with Crippen LogP contribution in [0.1, 0.15) is 29.3 Å². The van der Waals surface area contributed by atoms with E-state index in [1.165, 1.54) is 125 Å². The van der Waals surface area contributed by atoms with Crippen LogP contribution in [0.3, 0.4) is 0 Å². The molecule has 0 saturated carbocycles. The molecule has 1 aliphatic rings. The van der Waals surface area contributed by atoms with Gasteiger partial charge in [-0.15, -0.1) is 0 Å². The fourth-order valence-corrected chi connectivity index (χ4v) is 18.7. The van der Waals surface area contributed by atoms with Crippen molar-refractivity contribution in [2.45, 2.75) is 18.8 Å². The van der Waals surface area contributed by atoms with Crippen molar-refractivity contribution in [3.63, 3.8) is 0 Å². The number of fused-ring (bicyclic) bond motifs is 29. The maximum absolute atomic E-state index is 5.89. The van der Waals surface area contributed by atoms with Gasteiger partial charge in [0, 0.05) is 81.7 Å². The predicted molar refractivity (Wildman–Crippen MR) is 425 cm³/mol. The maximum Gasteiger partial charge on any atom is 0.235 e. The zero-order valence-electron chi connectivity index (χ0n) is 55.0. The third kappa shape index (κ3) is 7.32. The first-order valence-corrected chi connectivity index (χ1v) is 35.4. The van der Waals surface area contributed by atoms with Crippen LogP contribution in [0.25, 0.3) is 214 Å². The SMILES string of the molecule is c1ccc(-c2nc([C@@H]3CCc4ccccc4-c4cc5c6cc7ccccc7cc6n6c7ccccc7c(c43)c56)nc3ccc4cc(-c5ccc6c(ccc7c6c6cc8c9ccccc9n(-c9nc(-c%10ccccc%10)c%10c(ccc%11ccccc%11%10)n9)c8c8c9ccccc9n7c68)c5)ccc4c23)cc1. The second-order valence-corrected chi connectivity index (χ2v) is 28.2. The Kier molecular flexibility index (Phi) is 10.8. The highest BCUT2D eigenvalue weighted by Gasteiger charge is 2.34. The summed E-state index contributed by atoms with van der Waals surface area (Å²) >= 11 is 0. The molecule has 0 spiro atoms. The average molecular weight is 1290 g/mol. The molecule has 470 valence electrons. The summed E-state index contributed by atoms with van der Waals surface area (Å²) in [6.07, 6.45) is 1.77. The van der Waals surface area contributed by atoms with E-state index in [1.807, 2.05) is 0 Å². The normalized spacial score (nSPS) is 13.7. The van der Waals surface area contributed by atoms with Gasteiger partial charge in [0.1, 0.15) is 5.82 Å². The molecule has 7 aromatic heterocycles. The summed E-state index contributed by atoms with van der Waals surface area (Å²) in [7, 11) is 0. The Labute approximate surface area is 582 Å². The van der Waals surface area contributed by atoms with Crippen molar-refractivity contribution in [1.29, 1.82) is 0 Å². The van der Waals surface area contributed by atoms with E-state index >= 15 is 0 Å². The van der Waals surface area contributed by atoms with E-state index in [0.29, 0.717) is 5.95 Å². The van der Waals surface area contributed by atoms with Crippen molar-refractivity contribution in [2.24, 2.45) is 0 Å². The van der Waals surface area contributed by atoms with Crippen molar-refractivity contribution in [1.82, 2.24) is 33.3 Å². The van der Waals surface area contributed by atoms with Crippen LogP contribution in [0.2, 0.25) is 0 Å². The lowest BCUT2D eigenvalue weighted by Crippen LogP contribution is -2.09. The van der Waals surface area contributed by atoms with Gasteiger partial charge in [-0.25, -0.2) is 19.9 Å². The van der Waals surface area contributed by atoms with Gasteiger partial charge in [0.15, 0.2) is 0 Å². The van der Waals surface area contributed by atoms with Crippen LogP contribution < -0.4 is 0 Å². The minimum absolute atomic E-state index is 0.102. The van der Waals surface area contributed by atoms with Crippen LogP contribution in [-0.2, 0) is 6.42 Å². The highest BCUT2D eigenvalue weighted by atomic mass is 15.2. The summed E-state index contributed by atoms with van der Waals surface area (Å²) < 4.78 is 7.40. The van der Waals surface area contributed by atoms with Gasteiger partial charge in [-0.05, 0) is 162 Å². The Hall–Kier alpha value is -13.4. The first-order chi connectivity index (χ1) is 50.6. The molecule has 1 atom stereocenters. The lowest BCUT2D eigenvalue weighted by molar-refractivity contribution is 0.689. The third-order valence-electron chi connectivity index (χ3n) is 23.0. The molecule has 7 heteroatoms. The second-order valence-electron chi connectivity index (χ2n) is 28.2. The fraction of sp³-hybridized carbons (Fsp3) is 0.0316. The molecule has 0 radical (unpaired) electrons. The molecule has 1 aliphatic carbocycles. The Morgan fingerprint density at radius 2 is 0.824 bits per heavy atom. The van der Waals surface area contributed by atoms with Crippen molar-refractivity contribution < 1.29 is 0 Å². The number of aromatic nitrogens is 7. The van der Waals surface area contributed by atoms with E-state index in [0.717, 1.165) is 112 Å². The number of benzene rings is 16. The van der Waals surface area contributed by atoms with Gasteiger partial charge in [0.2, 0.25) is 5.95 Å². The van der Waals surface area contributed by atoms with Gasteiger partial charge >= 0.3 is 0 Å². The van der Waals surface area contributed by atoms with Crippen LogP contribution in [0.4, 0.5) is 0 Å². The molecule has 0 N–H and O–H groups in total. The second kappa shape index (κ2) is 20.2. The maximum atomic E-state index is 5.89. The van der Waals surface area contributed by atoms with E-state index in [-0.39, 0.29) is 5.92 Å². The molecular formula is C95H55N7. The number of aryl methyl sites for hydroxylation is 1. The van der Waals surface area contributed by atoms with Crippen LogP contribution in [0, 0.1) is 0 Å². The molecular weight excluding hydrogens is 1240 g/mol. The molecule has 0 amide bonds. The van der Waals surface area contributed by atoms with Crippen LogP contribution in [0.5, 0.6) is 0 Å². The van der Waals surface area contributed by atoms with E-state index in [4.69, 9.17) is 19.9 Å². The molecule has 0 bridgehead atoms. The number of hydrogen-bond donors (Lipinski definition) is 0. The Morgan fingerprint density at radius 3 is 1.57 bits per heavy atom. The summed E-state index contributed by atoms with van der Waals surface area (Å²) in [5.41, 5.74) is 22.9. The summed E-state index contributed by atoms with van der Waals surface area (Å²) in [6.45, 7) is 0. The average Bonchev–Trinajstić information content (AvgIpc) is 1.52. The lowest BCUT2D eigenvalue weighted by Gasteiger charge is -2.21. The molecule has 7 nitrogen and oxygen atoms in total. The lowest BCUT2D eigenvalue weighted by atomic mass is 9.85. The van der Waals surface area contributed by atoms with Crippen molar-refractivity contribution >= 4 is 163 Å². The molecule has 0 saturated heterocycles. The largest absolute Gasteiger partial charge is 0.308 e. The Morgan fingerprint density at radius 1 is 0.275 bits per heavy atom. The molecule has 0 fully saturated rings. The molecule has 102 heavy (non-hydrogen) atoms. The monoisotopic (exact) mass is 1290 g/mol. The highest BCUT2D eigenvalue weighted by molar-refractivity contribution is 6.37. The van der Waals surface area contributed by atoms with Gasteiger partial charge in [-0.3, -0.25) is 4.57 Å². The zero-order chi connectivity index (χ0) is 66.2. The molecule has 0 aliphatic heterocycles. The molecule has 7 heterocycles. The molecule has 0 unspecified atom stereocenters. The van der Waals surface area contributed by atoms with E-state index in [9.17, 15) is 0 Å². The Bertz CT molecular complexity index is 7630. The smallest absolute Gasteiger partial charge is 0.235 e. The van der Waals surface area contributed by atoms with Crippen LogP contribution in [-0.4, -0.2) is 33.3 Å². The van der Waals surface area contributed by atoms with Crippen molar-refractivity contribution in [2.75, 3.05) is 0 Å². The summed E-state index contributed by atoms with van der Waals surface area (Å²) in [4.78, 5) is 22.9. The Balaban J connectivity index is 0.674. The predicted octanol–water partition coefficient (Wildman–Crippen LogP) is 24.3. The van der Waals surface area contributed by atoms with Crippen LogP contribution >= 0.6 is 0 Å². The number of hydrogen-bond acceptors (Lipinski definition) is 4. The van der Waals surface area contributed by atoms with Gasteiger partial charge < -0.3 is 8.80 Å². The molecule has 16 aromatic carbocycles. The van der Waals surface area contributed by atoms with E-state index in [1.54, 1.807) is 0 Å². The topological polar surface area (TPSA) is 65.3 Å². The van der Waals surface area contributed by atoms with Crippen molar-refractivity contribution in [3.8, 4) is 50.7 Å². The summed E-state index contributed by atoms with van der Waals surface area (Å²) in [5.74, 6) is 1.40.